The molecule has 4 aliphatic rings. The zero-order valence-electron chi connectivity index (χ0n) is 27.7. The molecule has 0 amide bonds. The number of hydrogen-bond acceptors (Lipinski definition) is 2. The smallest absolute Gasteiger partial charge is 0.0846 e. The highest BCUT2D eigenvalue weighted by Crippen LogP contribution is 2.66. The van der Waals surface area contributed by atoms with Crippen LogP contribution in [0.1, 0.15) is 82.0 Å². The van der Waals surface area contributed by atoms with E-state index in [1.165, 1.54) is 0 Å². The van der Waals surface area contributed by atoms with E-state index >= 15 is 0 Å². The molecule has 2 heteroatoms. The number of aliphatic hydroxyl groups excluding tert-OH is 1. The van der Waals surface area contributed by atoms with E-state index in [1.54, 1.807) is 0 Å². The molecule has 138 valence electrons. The molecule has 0 radical (unpaired) electrons. The first-order valence-corrected chi connectivity index (χ1v) is 9.31. The summed E-state index contributed by atoms with van der Waals surface area (Å²) in [4.78, 5) is 3.67. The maximum absolute atomic E-state index is 10.3. The van der Waals surface area contributed by atoms with Crippen LogP contribution in [0.2, 0.25) is 0 Å². The van der Waals surface area contributed by atoms with Crippen molar-refractivity contribution in [3.63, 3.8) is 0 Å². The third kappa shape index (κ3) is 2.24. The van der Waals surface area contributed by atoms with Crippen molar-refractivity contribution >= 4 is 5.57 Å². The van der Waals surface area contributed by atoms with Gasteiger partial charge in [0.05, 0.1) is 14.3 Å². The molecule has 26 heavy (non-hydrogen) atoms. The van der Waals surface area contributed by atoms with E-state index in [9.17, 15) is 5.11 Å². The first kappa shape index (κ1) is 7.91. The minimum absolute atomic E-state index is 0.120. The van der Waals surface area contributed by atoms with Crippen LogP contribution in [0.5, 0.6) is 0 Å². The highest BCUT2D eigenvalue weighted by molar-refractivity contribution is 5.72. The van der Waals surface area contributed by atoms with Crippen molar-refractivity contribution < 1.29 is 22.9 Å². The van der Waals surface area contributed by atoms with Crippen molar-refractivity contribution in [3.8, 4) is 0 Å². The Morgan fingerprint density at radius 3 is 3.00 bits per heavy atom. The van der Waals surface area contributed by atoms with Gasteiger partial charge in [0.25, 0.3) is 0 Å². The Bertz CT molecular complexity index is 1320. The number of allylic oxidation sites excluding steroid dienone is 3. The highest BCUT2D eigenvalue weighted by Gasteiger charge is 2.56. The fraction of sp³-hybridized carbons (Fsp3) is 0.625. The van der Waals surface area contributed by atoms with Gasteiger partial charge in [0.15, 0.2) is 0 Å². The third-order valence-corrected chi connectivity index (χ3v) is 7.02. The average molecular weight is 363 g/mol. The molecule has 0 aliphatic heterocycles. The van der Waals surface area contributed by atoms with E-state index < -0.39 is 95.9 Å². The van der Waals surface area contributed by atoms with Gasteiger partial charge in [-0.2, -0.15) is 0 Å². The first-order valence-electron chi connectivity index (χ1n) is 15.8. The van der Waals surface area contributed by atoms with Gasteiger partial charge in [-0.15, -0.1) is 0 Å². The summed E-state index contributed by atoms with van der Waals surface area (Å²) in [6.45, 7) is -1.12. The van der Waals surface area contributed by atoms with E-state index in [-0.39, 0.29) is 25.3 Å². The molecule has 0 saturated heterocycles. The SMILES string of the molecule is [2H]C1=C2C[C@@H](O)CC[C@]2(C)C2CC[C@]3(C([2H])([2H])[2H])C(c4c([2H])nc([2H])c([2H])c4[2H])=C([2H])C([2H])([2H])C3C2C1([2H])[2H]. The summed E-state index contributed by atoms with van der Waals surface area (Å²) in [6, 6.07) is -2.53. The van der Waals surface area contributed by atoms with Crippen molar-refractivity contribution in [2.45, 2.75) is 64.7 Å². The Balaban J connectivity index is 1.83. The largest absolute Gasteiger partial charge is 0.393 e. The standard InChI is InChI=1S/C24H31NO/c1-23-11-9-18(26)14-17(23)5-6-19-21-8-7-20(16-4-3-13-25-15-16)24(21,2)12-10-22(19)23/h3-5,7,13,15,18-19,21-22,26H,6,8-12,14H2,1-2H3/t18-,19?,21?,22?,23-,24+/m0/s1/i2D3,3D,4D,5D,6D2,7D,8D2,13D,15D. The van der Waals surface area contributed by atoms with Crippen molar-refractivity contribution in [1.82, 2.24) is 4.98 Å². The lowest BCUT2D eigenvalue weighted by Crippen LogP contribution is -2.49. The Morgan fingerprint density at radius 1 is 1.23 bits per heavy atom. The van der Waals surface area contributed by atoms with Crippen molar-refractivity contribution in [1.29, 1.82) is 0 Å². The molecule has 4 aliphatic carbocycles. The van der Waals surface area contributed by atoms with Crippen LogP contribution in [0.3, 0.4) is 0 Å². The summed E-state index contributed by atoms with van der Waals surface area (Å²) in [5.74, 6) is -3.53. The van der Waals surface area contributed by atoms with E-state index in [1.807, 2.05) is 6.92 Å². The number of nitrogens with zero attached hydrogens (tertiary/aromatic N) is 1. The molecule has 3 unspecified atom stereocenters. The van der Waals surface area contributed by atoms with Crippen molar-refractivity contribution in [3.05, 3.63) is 47.7 Å². The van der Waals surface area contributed by atoms with E-state index in [2.05, 4.69) is 4.98 Å². The van der Waals surface area contributed by atoms with Gasteiger partial charge in [0.2, 0.25) is 0 Å². The fourth-order valence-electron chi connectivity index (χ4n) is 5.51. The lowest BCUT2D eigenvalue weighted by atomic mass is 9.47. The molecule has 0 aromatic carbocycles. The van der Waals surface area contributed by atoms with Crippen LogP contribution < -0.4 is 0 Å². The molecule has 2 fully saturated rings. The van der Waals surface area contributed by atoms with Gasteiger partial charge in [0, 0.05) is 21.9 Å². The number of rotatable bonds is 1. The summed E-state index contributed by atoms with van der Waals surface area (Å²) in [7, 11) is 0. The maximum Gasteiger partial charge on any atom is 0.0846 e. The zero-order valence-corrected chi connectivity index (χ0v) is 14.7. The number of aliphatic hydroxyl groups is 1. The Labute approximate surface area is 175 Å². The molecule has 0 spiro atoms. The van der Waals surface area contributed by atoms with Crippen LogP contribution in [0.4, 0.5) is 0 Å². The Kier molecular flexibility index (Phi) is 1.76. The Hall–Kier alpha value is -1.41. The molecule has 1 aromatic rings. The summed E-state index contributed by atoms with van der Waals surface area (Å²) in [6.07, 6.45) is -6.37. The van der Waals surface area contributed by atoms with Crippen LogP contribution in [0.25, 0.3) is 5.57 Å². The molecule has 2 saturated carbocycles. The topological polar surface area (TPSA) is 33.1 Å². The average Bonchev–Trinajstić information content (AvgIpc) is 3.01. The molecular weight excluding hydrogens is 318 g/mol. The van der Waals surface area contributed by atoms with Crippen LogP contribution in [0, 0.1) is 28.6 Å². The Morgan fingerprint density at radius 2 is 2.12 bits per heavy atom. The summed E-state index contributed by atoms with van der Waals surface area (Å²) < 4.78 is 113. The first-order chi connectivity index (χ1) is 17.8. The number of hydrogen-bond donors (Lipinski definition) is 1. The molecule has 5 rings (SSSR count). The van der Waals surface area contributed by atoms with Crippen LogP contribution in [-0.4, -0.2) is 16.2 Å². The molecule has 1 aromatic heterocycles. The number of aromatic nitrogens is 1. The minimum atomic E-state index is -3.00. The highest BCUT2D eigenvalue weighted by atomic mass is 16.3. The van der Waals surface area contributed by atoms with Gasteiger partial charge in [-0.3, -0.25) is 4.98 Å². The lowest BCUT2D eigenvalue weighted by Gasteiger charge is -2.57. The second kappa shape index (κ2) is 5.79. The van der Waals surface area contributed by atoms with Crippen LogP contribution in [0.15, 0.2) is 42.1 Å². The summed E-state index contributed by atoms with van der Waals surface area (Å²) in [5, 5.41) is 10.3. The molecular formula is C24H31NO. The molecule has 1 N–H and O–H groups in total. The predicted octanol–water partition coefficient (Wildman–Crippen LogP) is 5.40. The number of pyridine rings is 1. The minimum Gasteiger partial charge on any atom is -0.393 e. The summed E-state index contributed by atoms with van der Waals surface area (Å²) >= 11 is 0. The van der Waals surface area contributed by atoms with Crippen molar-refractivity contribution in [2.75, 3.05) is 0 Å². The second-order valence-electron chi connectivity index (χ2n) is 8.29. The van der Waals surface area contributed by atoms with E-state index in [0.29, 0.717) is 18.4 Å². The fourth-order valence-corrected chi connectivity index (χ4v) is 5.51. The van der Waals surface area contributed by atoms with E-state index in [4.69, 9.17) is 17.8 Å². The van der Waals surface area contributed by atoms with Gasteiger partial charge in [-0.1, -0.05) is 37.5 Å². The third-order valence-electron chi connectivity index (χ3n) is 7.02. The zero-order chi connectivity index (χ0) is 29.2. The predicted molar refractivity (Wildman–Crippen MR) is 105 cm³/mol. The number of fused-ring (bicyclic) bond motifs is 5. The second-order valence-corrected chi connectivity index (χ2v) is 8.29. The lowest BCUT2D eigenvalue weighted by molar-refractivity contribution is -0.0238. The normalized spacial score (nSPS) is 56.8. The summed E-state index contributed by atoms with van der Waals surface area (Å²) in [5.41, 5.74) is -3.39. The maximum atomic E-state index is 10.3. The van der Waals surface area contributed by atoms with Gasteiger partial charge in [-0.25, -0.2) is 0 Å². The quantitative estimate of drug-likeness (QED) is 0.679. The molecule has 6 atom stereocenters. The van der Waals surface area contributed by atoms with Gasteiger partial charge in [0.1, 0.15) is 0 Å². The van der Waals surface area contributed by atoms with Crippen LogP contribution >= 0.6 is 0 Å². The molecule has 0 bridgehead atoms. The molecule has 2 nitrogen and oxygen atoms in total. The van der Waals surface area contributed by atoms with Crippen LogP contribution in [-0.2, 0) is 0 Å². The van der Waals surface area contributed by atoms with E-state index in [0.717, 1.165) is 0 Å². The van der Waals surface area contributed by atoms with Gasteiger partial charge in [-0.05, 0) is 90.6 Å². The van der Waals surface area contributed by atoms with Crippen molar-refractivity contribution in [2.24, 2.45) is 28.6 Å². The molecule has 1 heterocycles. The van der Waals surface area contributed by atoms with Gasteiger partial charge < -0.3 is 5.11 Å². The monoisotopic (exact) mass is 362 g/mol. The van der Waals surface area contributed by atoms with Gasteiger partial charge >= 0.3 is 0 Å².